The van der Waals surface area contributed by atoms with E-state index in [2.05, 4.69) is 15.9 Å². The summed E-state index contributed by atoms with van der Waals surface area (Å²) < 4.78 is 6.35. The zero-order valence-corrected chi connectivity index (χ0v) is 14.1. The first kappa shape index (κ1) is 15.7. The van der Waals surface area contributed by atoms with Crippen LogP contribution in [0.25, 0.3) is 0 Å². The van der Waals surface area contributed by atoms with Crippen LogP contribution in [0.3, 0.4) is 0 Å². The summed E-state index contributed by atoms with van der Waals surface area (Å²) >= 11 is 4.83. The van der Waals surface area contributed by atoms with Gasteiger partial charge in [-0.3, -0.25) is 4.79 Å². The van der Waals surface area contributed by atoms with E-state index in [1.807, 2.05) is 23.1 Å². The Morgan fingerprint density at radius 2 is 2.00 bits per heavy atom. The standard InChI is InChI=1S/C15H20BrNO2S/c1-19-14-7-6-13(16)10-12(14)11-20-15(18)17-8-4-2-3-5-9-17/h6-7,10H,2-5,8-9,11H2,1H3. The monoisotopic (exact) mass is 357 g/mol. The lowest BCUT2D eigenvalue weighted by atomic mass is 10.2. The van der Waals surface area contributed by atoms with Gasteiger partial charge in [-0.2, -0.15) is 0 Å². The van der Waals surface area contributed by atoms with Gasteiger partial charge in [0.25, 0.3) is 5.24 Å². The third-order valence-electron chi connectivity index (χ3n) is 3.46. The number of hydrogen-bond donors (Lipinski definition) is 0. The highest BCUT2D eigenvalue weighted by atomic mass is 79.9. The molecule has 1 aromatic rings. The molecular weight excluding hydrogens is 338 g/mol. The quantitative estimate of drug-likeness (QED) is 0.785. The van der Waals surface area contributed by atoms with E-state index in [0.29, 0.717) is 5.75 Å². The highest BCUT2D eigenvalue weighted by Gasteiger charge is 2.16. The summed E-state index contributed by atoms with van der Waals surface area (Å²) in [4.78, 5) is 14.2. The second-order valence-corrected chi connectivity index (χ2v) is 6.75. The van der Waals surface area contributed by atoms with Gasteiger partial charge in [-0.1, -0.05) is 40.5 Å². The Morgan fingerprint density at radius 3 is 2.65 bits per heavy atom. The molecule has 0 N–H and O–H groups in total. The van der Waals surface area contributed by atoms with Gasteiger partial charge in [0.1, 0.15) is 5.75 Å². The summed E-state index contributed by atoms with van der Waals surface area (Å²) in [5, 5.41) is 0.189. The highest BCUT2D eigenvalue weighted by Crippen LogP contribution is 2.28. The maximum absolute atomic E-state index is 12.2. The molecular formula is C15H20BrNO2S. The topological polar surface area (TPSA) is 29.5 Å². The second-order valence-electron chi connectivity index (χ2n) is 4.91. The molecule has 1 saturated heterocycles. The second kappa shape index (κ2) is 7.93. The molecule has 1 aromatic carbocycles. The van der Waals surface area contributed by atoms with Gasteiger partial charge < -0.3 is 9.64 Å². The van der Waals surface area contributed by atoms with Crippen molar-refractivity contribution in [2.24, 2.45) is 0 Å². The van der Waals surface area contributed by atoms with E-state index in [0.717, 1.165) is 41.7 Å². The molecule has 0 aromatic heterocycles. The van der Waals surface area contributed by atoms with Crippen molar-refractivity contribution in [3.8, 4) is 5.75 Å². The largest absolute Gasteiger partial charge is 0.496 e. The molecule has 0 aliphatic carbocycles. The average Bonchev–Trinajstić information content (AvgIpc) is 2.74. The van der Waals surface area contributed by atoms with Gasteiger partial charge in [-0.25, -0.2) is 0 Å². The van der Waals surface area contributed by atoms with Crippen LogP contribution < -0.4 is 4.74 Å². The zero-order valence-electron chi connectivity index (χ0n) is 11.7. The highest BCUT2D eigenvalue weighted by molar-refractivity contribution is 9.10. The van der Waals surface area contributed by atoms with Gasteiger partial charge in [-0.15, -0.1) is 0 Å². The van der Waals surface area contributed by atoms with Gasteiger partial charge >= 0.3 is 0 Å². The lowest BCUT2D eigenvalue weighted by Gasteiger charge is -2.19. The first-order chi connectivity index (χ1) is 9.70. The summed E-state index contributed by atoms with van der Waals surface area (Å²) in [5.74, 6) is 1.49. The van der Waals surface area contributed by atoms with E-state index in [4.69, 9.17) is 4.74 Å². The van der Waals surface area contributed by atoms with Crippen molar-refractivity contribution >= 4 is 32.9 Å². The number of benzene rings is 1. The van der Waals surface area contributed by atoms with Crippen molar-refractivity contribution < 1.29 is 9.53 Å². The molecule has 1 amide bonds. The summed E-state index contributed by atoms with van der Waals surface area (Å²) in [5.41, 5.74) is 1.05. The Bertz CT molecular complexity index is 459. The van der Waals surface area contributed by atoms with E-state index in [9.17, 15) is 4.79 Å². The minimum Gasteiger partial charge on any atom is -0.496 e. The van der Waals surface area contributed by atoms with Crippen molar-refractivity contribution in [3.05, 3.63) is 28.2 Å². The maximum atomic E-state index is 12.2. The smallest absolute Gasteiger partial charge is 0.281 e. The molecule has 0 saturated carbocycles. The number of thioether (sulfide) groups is 1. The molecule has 0 unspecified atom stereocenters. The van der Waals surface area contributed by atoms with Crippen molar-refractivity contribution in [2.45, 2.75) is 31.4 Å². The molecule has 0 atom stereocenters. The number of likely N-dealkylation sites (tertiary alicyclic amines) is 1. The van der Waals surface area contributed by atoms with Crippen molar-refractivity contribution in [1.82, 2.24) is 4.90 Å². The number of rotatable bonds is 3. The Balaban J connectivity index is 1.93. The molecule has 0 radical (unpaired) electrons. The SMILES string of the molecule is COc1ccc(Br)cc1CSC(=O)N1CCCCCC1. The van der Waals surface area contributed by atoms with Crippen molar-refractivity contribution in [1.29, 1.82) is 0 Å². The fourth-order valence-electron chi connectivity index (χ4n) is 2.34. The molecule has 0 spiro atoms. The lowest BCUT2D eigenvalue weighted by molar-refractivity contribution is 0.225. The summed E-state index contributed by atoms with van der Waals surface area (Å²) in [6, 6.07) is 5.89. The fraction of sp³-hybridized carbons (Fsp3) is 0.533. The van der Waals surface area contributed by atoms with Crippen LogP contribution in [0.4, 0.5) is 4.79 Å². The number of nitrogens with zero attached hydrogens (tertiary/aromatic N) is 1. The van der Waals surface area contributed by atoms with Crippen LogP contribution in [0.5, 0.6) is 5.75 Å². The van der Waals surface area contributed by atoms with Crippen LogP contribution >= 0.6 is 27.7 Å². The normalized spacial score (nSPS) is 15.8. The van der Waals surface area contributed by atoms with Crippen LogP contribution in [-0.2, 0) is 5.75 Å². The van der Waals surface area contributed by atoms with E-state index in [1.165, 1.54) is 24.6 Å². The number of amides is 1. The molecule has 3 nitrogen and oxygen atoms in total. The van der Waals surface area contributed by atoms with Crippen LogP contribution in [0.1, 0.15) is 31.2 Å². The Hall–Kier alpha value is -0.680. The molecule has 2 rings (SSSR count). The predicted octanol–water partition coefficient (Wildman–Crippen LogP) is 4.69. The third kappa shape index (κ3) is 4.42. The van der Waals surface area contributed by atoms with Crippen molar-refractivity contribution in [3.63, 3.8) is 0 Å². The van der Waals surface area contributed by atoms with Gasteiger partial charge in [0, 0.05) is 28.9 Å². The van der Waals surface area contributed by atoms with E-state index in [-0.39, 0.29) is 5.24 Å². The Kier molecular flexibility index (Phi) is 6.23. The first-order valence-corrected chi connectivity index (χ1v) is 8.72. The maximum Gasteiger partial charge on any atom is 0.281 e. The molecule has 1 aliphatic heterocycles. The Morgan fingerprint density at radius 1 is 1.30 bits per heavy atom. The molecule has 1 fully saturated rings. The van der Waals surface area contributed by atoms with Crippen LogP contribution in [0.2, 0.25) is 0 Å². The molecule has 1 aliphatic rings. The zero-order chi connectivity index (χ0) is 14.4. The number of carbonyl (C=O) groups excluding carboxylic acids is 1. The van der Waals surface area contributed by atoms with Crippen LogP contribution in [-0.4, -0.2) is 30.3 Å². The third-order valence-corrected chi connectivity index (χ3v) is 4.91. The van der Waals surface area contributed by atoms with Crippen molar-refractivity contribution in [2.75, 3.05) is 20.2 Å². The van der Waals surface area contributed by atoms with Crippen LogP contribution in [0, 0.1) is 0 Å². The summed E-state index contributed by atoms with van der Waals surface area (Å²) in [6.07, 6.45) is 4.75. The minimum atomic E-state index is 0.189. The molecule has 0 bridgehead atoms. The van der Waals surface area contributed by atoms with E-state index in [1.54, 1.807) is 7.11 Å². The van der Waals surface area contributed by atoms with E-state index < -0.39 is 0 Å². The number of halogens is 1. The van der Waals surface area contributed by atoms with Gasteiger partial charge in [0.15, 0.2) is 0 Å². The molecule has 20 heavy (non-hydrogen) atoms. The van der Waals surface area contributed by atoms with Gasteiger partial charge in [0.2, 0.25) is 0 Å². The number of hydrogen-bond acceptors (Lipinski definition) is 3. The molecule has 5 heteroatoms. The van der Waals surface area contributed by atoms with Gasteiger partial charge in [0.05, 0.1) is 7.11 Å². The van der Waals surface area contributed by atoms with E-state index >= 15 is 0 Å². The average molecular weight is 358 g/mol. The summed E-state index contributed by atoms with van der Waals surface area (Å²) in [6.45, 7) is 1.81. The fourth-order valence-corrected chi connectivity index (χ4v) is 3.62. The van der Waals surface area contributed by atoms with Crippen LogP contribution in [0.15, 0.2) is 22.7 Å². The minimum absolute atomic E-state index is 0.189. The molecule has 110 valence electrons. The lowest BCUT2D eigenvalue weighted by Crippen LogP contribution is -2.28. The first-order valence-electron chi connectivity index (χ1n) is 6.95. The summed E-state index contributed by atoms with van der Waals surface area (Å²) in [7, 11) is 1.66. The number of methoxy groups -OCH3 is 1. The molecule has 1 heterocycles. The number of ether oxygens (including phenoxy) is 1. The predicted molar refractivity (Wildman–Crippen MR) is 87.4 cm³/mol. The Labute approximate surface area is 133 Å². The number of carbonyl (C=O) groups is 1. The van der Waals surface area contributed by atoms with Gasteiger partial charge in [-0.05, 0) is 31.0 Å².